The van der Waals surface area contributed by atoms with Crippen LogP contribution in [0.4, 0.5) is 0 Å². The van der Waals surface area contributed by atoms with Gasteiger partial charge >= 0.3 is 0 Å². The van der Waals surface area contributed by atoms with E-state index in [-0.39, 0.29) is 36.4 Å². The number of carbonyl (C=O) groups excluding carboxylic acids is 2. The molecule has 2 aliphatic rings. The van der Waals surface area contributed by atoms with Gasteiger partial charge in [-0.15, -0.1) is 0 Å². The van der Waals surface area contributed by atoms with Crippen LogP contribution in [0.5, 0.6) is 0 Å². The summed E-state index contributed by atoms with van der Waals surface area (Å²) in [5.74, 6) is 0.319. The lowest BCUT2D eigenvalue weighted by Gasteiger charge is -2.57. The zero-order chi connectivity index (χ0) is 22.8. The van der Waals surface area contributed by atoms with Gasteiger partial charge in [0.15, 0.2) is 0 Å². The fraction of sp³-hybridized carbons (Fsp3) is 0.462. The number of carbonyl (C=O) groups is 2. The van der Waals surface area contributed by atoms with Crippen molar-refractivity contribution < 1.29 is 14.7 Å². The lowest BCUT2D eigenvalue weighted by molar-refractivity contribution is -0.134. The summed E-state index contributed by atoms with van der Waals surface area (Å²) in [6.07, 6.45) is 2.06. The molecule has 32 heavy (non-hydrogen) atoms. The van der Waals surface area contributed by atoms with Crippen LogP contribution >= 0.6 is 0 Å². The van der Waals surface area contributed by atoms with Crippen molar-refractivity contribution in [1.29, 1.82) is 0 Å². The number of amides is 2. The highest BCUT2D eigenvalue weighted by molar-refractivity contribution is 5.95. The molecule has 0 bridgehead atoms. The van der Waals surface area contributed by atoms with Gasteiger partial charge in [-0.05, 0) is 48.2 Å². The topological polar surface area (TPSA) is 64.1 Å². The predicted octanol–water partition coefficient (Wildman–Crippen LogP) is 2.83. The molecule has 2 aliphatic heterocycles. The second-order valence-corrected chi connectivity index (χ2v) is 9.16. The van der Waals surface area contributed by atoms with E-state index in [1.807, 2.05) is 29.2 Å². The Morgan fingerprint density at radius 3 is 2.41 bits per heavy atom. The van der Waals surface area contributed by atoms with Crippen molar-refractivity contribution in [1.82, 2.24) is 14.7 Å². The van der Waals surface area contributed by atoms with E-state index in [9.17, 15) is 14.7 Å². The molecular formula is C26H33N3O3. The third-order valence-electron chi connectivity index (χ3n) is 6.96. The van der Waals surface area contributed by atoms with E-state index in [2.05, 4.69) is 29.2 Å². The van der Waals surface area contributed by atoms with Gasteiger partial charge in [0.2, 0.25) is 5.91 Å². The van der Waals surface area contributed by atoms with Crippen LogP contribution in [0.2, 0.25) is 0 Å². The first-order chi connectivity index (χ1) is 15.4. The van der Waals surface area contributed by atoms with E-state index in [0.717, 1.165) is 37.1 Å². The van der Waals surface area contributed by atoms with Crippen molar-refractivity contribution in [2.75, 3.05) is 40.3 Å². The van der Waals surface area contributed by atoms with Crippen molar-refractivity contribution in [3.05, 3.63) is 59.7 Å². The van der Waals surface area contributed by atoms with Gasteiger partial charge in [0.1, 0.15) is 0 Å². The molecule has 0 radical (unpaired) electrons. The number of rotatable bonds is 4. The second-order valence-electron chi connectivity index (χ2n) is 9.16. The molecule has 2 aromatic rings. The molecular weight excluding hydrogens is 402 g/mol. The Balaban J connectivity index is 1.57. The molecule has 6 heteroatoms. The summed E-state index contributed by atoms with van der Waals surface area (Å²) < 4.78 is 0. The van der Waals surface area contributed by atoms with E-state index in [0.29, 0.717) is 12.1 Å². The Bertz CT molecular complexity index is 973. The first kappa shape index (κ1) is 22.5. The first-order valence-corrected chi connectivity index (χ1v) is 11.4. The Kier molecular flexibility index (Phi) is 6.63. The Labute approximate surface area is 190 Å². The van der Waals surface area contributed by atoms with Gasteiger partial charge < -0.3 is 14.9 Å². The van der Waals surface area contributed by atoms with Crippen molar-refractivity contribution in [2.45, 2.75) is 37.8 Å². The Morgan fingerprint density at radius 1 is 1.03 bits per heavy atom. The number of benzene rings is 2. The molecule has 6 nitrogen and oxygen atoms in total. The quantitative estimate of drug-likeness (QED) is 0.802. The van der Waals surface area contributed by atoms with Crippen molar-refractivity contribution in [3.63, 3.8) is 0 Å². The van der Waals surface area contributed by atoms with Crippen LogP contribution in [-0.2, 0) is 4.79 Å². The molecule has 0 aromatic heterocycles. The highest BCUT2D eigenvalue weighted by Gasteiger charge is 2.49. The van der Waals surface area contributed by atoms with Crippen LogP contribution in [-0.4, -0.2) is 84.0 Å². The number of hydrogen-bond acceptors (Lipinski definition) is 4. The van der Waals surface area contributed by atoms with Gasteiger partial charge in [-0.3, -0.25) is 14.5 Å². The fourth-order valence-electron chi connectivity index (χ4n) is 5.21. The van der Waals surface area contributed by atoms with E-state index in [4.69, 9.17) is 0 Å². The summed E-state index contributed by atoms with van der Waals surface area (Å²) in [6, 6.07) is 16.5. The smallest absolute Gasteiger partial charge is 0.253 e. The minimum atomic E-state index is -0.0110. The maximum atomic E-state index is 12.3. The molecule has 170 valence electrons. The summed E-state index contributed by atoms with van der Waals surface area (Å²) in [6.45, 7) is 4.28. The second kappa shape index (κ2) is 9.43. The molecule has 0 aliphatic carbocycles. The zero-order valence-electron chi connectivity index (χ0n) is 19.2. The third kappa shape index (κ3) is 4.30. The maximum absolute atomic E-state index is 12.3. The Hall–Kier alpha value is -2.70. The van der Waals surface area contributed by atoms with Crippen LogP contribution in [0, 0.1) is 0 Å². The standard InChI is InChI=1S/C26H33N3O3/c1-18(31)28-13-4-5-14-29-23(16-28)25(24(29)17-30)20-11-9-19(10-12-20)21-7-6-8-22(15-21)26(32)27(2)3/h6-12,15,23-25,30H,4-5,13-14,16-17H2,1-3H3/t23-,24-,25-/m0/s1. The number of aliphatic hydroxyl groups excluding tert-OH is 1. The lowest BCUT2D eigenvalue weighted by Crippen LogP contribution is -2.67. The van der Waals surface area contributed by atoms with Gasteiger partial charge in [0, 0.05) is 57.7 Å². The van der Waals surface area contributed by atoms with Gasteiger partial charge in [0.05, 0.1) is 6.61 Å². The maximum Gasteiger partial charge on any atom is 0.253 e. The number of aliphatic hydroxyl groups is 1. The minimum Gasteiger partial charge on any atom is -0.395 e. The molecule has 2 aromatic carbocycles. The largest absolute Gasteiger partial charge is 0.395 e. The summed E-state index contributed by atoms with van der Waals surface area (Å²) in [7, 11) is 3.51. The molecule has 3 atom stereocenters. The van der Waals surface area contributed by atoms with E-state index in [1.165, 1.54) is 5.56 Å². The highest BCUT2D eigenvalue weighted by atomic mass is 16.3. The predicted molar refractivity (Wildman–Crippen MR) is 125 cm³/mol. The van der Waals surface area contributed by atoms with E-state index < -0.39 is 0 Å². The lowest BCUT2D eigenvalue weighted by atomic mass is 9.74. The molecule has 0 spiro atoms. The van der Waals surface area contributed by atoms with Gasteiger partial charge in [-0.25, -0.2) is 0 Å². The van der Waals surface area contributed by atoms with Crippen molar-refractivity contribution >= 4 is 11.8 Å². The molecule has 0 saturated carbocycles. The summed E-state index contributed by atoms with van der Waals surface area (Å²) in [4.78, 5) is 30.3. The summed E-state index contributed by atoms with van der Waals surface area (Å²) in [5.41, 5.74) is 3.93. The molecule has 2 heterocycles. The van der Waals surface area contributed by atoms with Gasteiger partial charge in [-0.1, -0.05) is 36.4 Å². The summed E-state index contributed by atoms with van der Waals surface area (Å²) >= 11 is 0. The van der Waals surface area contributed by atoms with Crippen LogP contribution in [0.1, 0.15) is 41.6 Å². The SMILES string of the molecule is CC(=O)N1CCCCN2[C@@H](CO)[C@@H](c3ccc(-c4cccc(C(=O)N(C)C)c4)cc3)[C@@H]2C1. The molecule has 2 amide bonds. The minimum absolute atomic E-state index is 0.0110. The monoisotopic (exact) mass is 435 g/mol. The van der Waals surface area contributed by atoms with Crippen LogP contribution in [0.3, 0.4) is 0 Å². The third-order valence-corrected chi connectivity index (χ3v) is 6.96. The normalized spacial score (nSPS) is 23.5. The molecule has 2 saturated heterocycles. The van der Waals surface area contributed by atoms with Crippen LogP contribution in [0.25, 0.3) is 11.1 Å². The first-order valence-electron chi connectivity index (χ1n) is 11.4. The highest BCUT2D eigenvalue weighted by Crippen LogP contribution is 2.42. The molecule has 2 fully saturated rings. The summed E-state index contributed by atoms with van der Waals surface area (Å²) in [5, 5.41) is 10.1. The number of nitrogens with zero attached hydrogens (tertiary/aromatic N) is 3. The van der Waals surface area contributed by atoms with Crippen molar-refractivity contribution in [2.24, 2.45) is 0 Å². The average molecular weight is 436 g/mol. The molecule has 1 N–H and O–H groups in total. The van der Waals surface area contributed by atoms with E-state index >= 15 is 0 Å². The Morgan fingerprint density at radius 2 is 1.75 bits per heavy atom. The van der Waals surface area contributed by atoms with Crippen LogP contribution in [0.15, 0.2) is 48.5 Å². The average Bonchev–Trinajstić information content (AvgIpc) is 2.77. The van der Waals surface area contributed by atoms with Crippen LogP contribution < -0.4 is 0 Å². The number of hydrogen-bond donors (Lipinski definition) is 1. The van der Waals surface area contributed by atoms with Gasteiger partial charge in [-0.2, -0.15) is 0 Å². The zero-order valence-corrected chi connectivity index (χ0v) is 19.2. The molecule has 4 rings (SSSR count). The van der Waals surface area contributed by atoms with Gasteiger partial charge in [0.25, 0.3) is 5.91 Å². The van der Waals surface area contributed by atoms with E-state index in [1.54, 1.807) is 25.9 Å². The van der Waals surface area contributed by atoms with Crippen molar-refractivity contribution in [3.8, 4) is 11.1 Å². The fourth-order valence-corrected chi connectivity index (χ4v) is 5.21. The molecule has 0 unspecified atom stereocenters. The number of fused-ring (bicyclic) bond motifs is 1.